The molecule has 0 radical (unpaired) electrons. The van der Waals surface area contributed by atoms with Gasteiger partial charge in [0.1, 0.15) is 0 Å². The predicted molar refractivity (Wildman–Crippen MR) is 124 cm³/mol. The number of hydrazone groups is 1. The lowest BCUT2D eigenvalue weighted by Crippen LogP contribution is -2.50. The zero-order chi connectivity index (χ0) is 20.9. The Bertz CT molecular complexity index is 914. The van der Waals surface area contributed by atoms with Crippen LogP contribution < -0.4 is 5.84 Å². The predicted octanol–water partition coefficient (Wildman–Crippen LogP) is 6.32. The van der Waals surface area contributed by atoms with E-state index in [0.717, 1.165) is 25.4 Å². The second-order valence-electron chi connectivity index (χ2n) is 10.4. The van der Waals surface area contributed by atoms with Crippen molar-refractivity contribution in [2.24, 2.45) is 39.5 Å². The standard InChI is InChI=1S/C27H36N2O/c1-4-30-19-12-14-26(2)23-13-15-27(3)22(10-11-25(27)29-28)21(23)17-20(24(26)16-19)18-8-6-5-7-9-18/h5-9,16,21-23H,4,10-15,17,28H2,1-3H3/t21-,22-,23-,26+,27-/m0/s1. The summed E-state index contributed by atoms with van der Waals surface area (Å²) in [4.78, 5) is 0. The Morgan fingerprint density at radius 2 is 1.80 bits per heavy atom. The van der Waals surface area contributed by atoms with Gasteiger partial charge in [-0.25, -0.2) is 0 Å². The average Bonchev–Trinajstić information content (AvgIpc) is 3.11. The summed E-state index contributed by atoms with van der Waals surface area (Å²) in [6, 6.07) is 11.1. The van der Waals surface area contributed by atoms with E-state index in [1.807, 2.05) is 0 Å². The number of rotatable bonds is 3. The van der Waals surface area contributed by atoms with Crippen molar-refractivity contribution >= 4 is 11.3 Å². The van der Waals surface area contributed by atoms with E-state index in [2.05, 4.69) is 62.3 Å². The first-order chi connectivity index (χ1) is 14.5. The summed E-state index contributed by atoms with van der Waals surface area (Å²) in [5.74, 6) is 9.19. The lowest BCUT2D eigenvalue weighted by molar-refractivity contribution is 0.00148. The van der Waals surface area contributed by atoms with E-state index in [4.69, 9.17) is 10.6 Å². The van der Waals surface area contributed by atoms with E-state index >= 15 is 0 Å². The van der Waals surface area contributed by atoms with E-state index < -0.39 is 0 Å². The van der Waals surface area contributed by atoms with E-state index in [-0.39, 0.29) is 10.8 Å². The minimum Gasteiger partial charge on any atom is -0.498 e. The van der Waals surface area contributed by atoms with Crippen LogP contribution in [0.3, 0.4) is 0 Å². The lowest BCUT2D eigenvalue weighted by Gasteiger charge is -2.57. The number of nitrogens with zero attached hydrogens (tertiary/aromatic N) is 1. The highest BCUT2D eigenvalue weighted by molar-refractivity contribution is 5.92. The first-order valence-corrected chi connectivity index (χ1v) is 11.9. The van der Waals surface area contributed by atoms with Gasteiger partial charge in [-0.1, -0.05) is 44.2 Å². The lowest BCUT2D eigenvalue weighted by atomic mass is 9.47. The third kappa shape index (κ3) is 2.81. The molecule has 4 aliphatic rings. The summed E-state index contributed by atoms with van der Waals surface area (Å²) in [5, 5.41) is 4.27. The number of allylic oxidation sites excluding steroid dienone is 4. The molecule has 3 nitrogen and oxygen atoms in total. The van der Waals surface area contributed by atoms with Crippen LogP contribution in [0.5, 0.6) is 0 Å². The molecule has 30 heavy (non-hydrogen) atoms. The quantitative estimate of drug-likeness (QED) is 0.473. The molecule has 160 valence electrons. The van der Waals surface area contributed by atoms with Crippen molar-refractivity contribution in [2.75, 3.05) is 6.61 Å². The van der Waals surface area contributed by atoms with Gasteiger partial charge in [0.2, 0.25) is 0 Å². The normalized spacial score (nSPS) is 39.2. The van der Waals surface area contributed by atoms with Gasteiger partial charge in [0.25, 0.3) is 0 Å². The van der Waals surface area contributed by atoms with E-state index in [9.17, 15) is 0 Å². The SMILES string of the molecule is CCOC1=CC2=C(c3ccccc3)C[C@@H]3[C@H](CC[C@]4(C)C(=NN)CC[C@@H]34)[C@@]2(C)CC1. The molecule has 4 aliphatic carbocycles. The maximum atomic E-state index is 6.01. The fraction of sp³-hybridized carbons (Fsp3) is 0.593. The van der Waals surface area contributed by atoms with Crippen LogP contribution in [0.25, 0.3) is 5.57 Å². The van der Waals surface area contributed by atoms with Crippen LogP contribution in [0.15, 0.2) is 52.8 Å². The molecular formula is C27H36N2O. The molecule has 2 N–H and O–H groups in total. The summed E-state index contributed by atoms with van der Waals surface area (Å²) in [6.07, 6.45) is 10.7. The van der Waals surface area contributed by atoms with E-state index in [0.29, 0.717) is 11.8 Å². The molecule has 0 saturated heterocycles. The fourth-order valence-electron chi connectivity index (χ4n) is 7.65. The molecule has 5 atom stereocenters. The van der Waals surface area contributed by atoms with E-state index in [1.54, 1.807) is 11.1 Å². The van der Waals surface area contributed by atoms with Crippen molar-refractivity contribution in [1.29, 1.82) is 0 Å². The Balaban J connectivity index is 1.64. The van der Waals surface area contributed by atoms with Crippen molar-refractivity contribution in [3.05, 3.63) is 53.3 Å². The molecule has 0 unspecified atom stereocenters. The number of fused-ring (bicyclic) bond motifs is 5. The third-order valence-electron chi connectivity index (χ3n) is 9.18. The highest BCUT2D eigenvalue weighted by Gasteiger charge is 2.58. The van der Waals surface area contributed by atoms with E-state index in [1.165, 1.54) is 49.1 Å². The molecule has 2 fully saturated rings. The van der Waals surface area contributed by atoms with Gasteiger partial charge in [0, 0.05) is 17.5 Å². The van der Waals surface area contributed by atoms with Crippen LogP contribution in [0.1, 0.15) is 71.3 Å². The molecule has 0 aromatic heterocycles. The fourth-order valence-corrected chi connectivity index (χ4v) is 7.65. The number of ether oxygens (including phenoxy) is 1. The van der Waals surface area contributed by atoms with Gasteiger partial charge >= 0.3 is 0 Å². The van der Waals surface area contributed by atoms with Gasteiger partial charge < -0.3 is 10.6 Å². The van der Waals surface area contributed by atoms with Crippen LogP contribution in [0, 0.1) is 28.6 Å². The van der Waals surface area contributed by atoms with Gasteiger partial charge in [0.05, 0.1) is 12.4 Å². The highest BCUT2D eigenvalue weighted by atomic mass is 16.5. The molecule has 0 bridgehead atoms. The summed E-state index contributed by atoms with van der Waals surface area (Å²) < 4.78 is 6.01. The first kappa shape index (κ1) is 19.9. The second kappa shape index (κ2) is 7.28. The zero-order valence-electron chi connectivity index (χ0n) is 18.8. The molecule has 0 aliphatic heterocycles. The van der Waals surface area contributed by atoms with Crippen molar-refractivity contribution < 1.29 is 4.74 Å². The highest BCUT2D eigenvalue weighted by Crippen LogP contribution is 2.66. The Kier molecular flexibility index (Phi) is 4.83. The molecule has 1 aromatic carbocycles. The molecule has 0 heterocycles. The minimum atomic E-state index is 0.201. The van der Waals surface area contributed by atoms with Crippen molar-refractivity contribution in [1.82, 2.24) is 0 Å². The van der Waals surface area contributed by atoms with Gasteiger partial charge in [0.15, 0.2) is 0 Å². The molecule has 0 amide bonds. The zero-order valence-corrected chi connectivity index (χ0v) is 18.8. The summed E-state index contributed by atoms with van der Waals surface area (Å²) in [7, 11) is 0. The second-order valence-corrected chi connectivity index (χ2v) is 10.4. The van der Waals surface area contributed by atoms with Crippen LogP contribution in [0.4, 0.5) is 0 Å². The molecule has 0 spiro atoms. The largest absolute Gasteiger partial charge is 0.498 e. The number of nitrogens with two attached hydrogens (primary N) is 1. The van der Waals surface area contributed by atoms with Crippen molar-refractivity contribution in [3.63, 3.8) is 0 Å². The van der Waals surface area contributed by atoms with Gasteiger partial charge in [-0.3, -0.25) is 0 Å². The molecule has 1 aromatic rings. The smallest absolute Gasteiger partial charge is 0.0962 e. The van der Waals surface area contributed by atoms with Crippen molar-refractivity contribution in [3.8, 4) is 0 Å². The Morgan fingerprint density at radius 1 is 1.03 bits per heavy atom. The molecular weight excluding hydrogens is 368 g/mol. The Morgan fingerprint density at radius 3 is 2.53 bits per heavy atom. The minimum absolute atomic E-state index is 0.201. The van der Waals surface area contributed by atoms with Crippen LogP contribution in [-0.2, 0) is 4.74 Å². The van der Waals surface area contributed by atoms with Crippen LogP contribution in [0.2, 0.25) is 0 Å². The topological polar surface area (TPSA) is 47.6 Å². The van der Waals surface area contributed by atoms with Gasteiger partial charge in [-0.2, -0.15) is 5.10 Å². The van der Waals surface area contributed by atoms with Gasteiger partial charge in [-0.05, 0) is 91.4 Å². The van der Waals surface area contributed by atoms with Gasteiger partial charge in [-0.15, -0.1) is 0 Å². The third-order valence-corrected chi connectivity index (χ3v) is 9.18. The number of benzene rings is 1. The number of hydrogen-bond acceptors (Lipinski definition) is 3. The van der Waals surface area contributed by atoms with Crippen molar-refractivity contribution in [2.45, 2.75) is 65.7 Å². The molecule has 2 saturated carbocycles. The average molecular weight is 405 g/mol. The maximum Gasteiger partial charge on any atom is 0.0962 e. The molecule has 3 heteroatoms. The summed E-state index contributed by atoms with van der Waals surface area (Å²) in [6.45, 7) is 7.85. The Labute approximate surface area is 181 Å². The number of hydrogen-bond donors (Lipinski definition) is 1. The monoisotopic (exact) mass is 404 g/mol. The first-order valence-electron chi connectivity index (χ1n) is 11.9. The van der Waals surface area contributed by atoms with Crippen LogP contribution in [-0.4, -0.2) is 12.3 Å². The summed E-state index contributed by atoms with van der Waals surface area (Å²) in [5.41, 5.74) is 6.21. The molecule has 5 rings (SSSR count). The summed E-state index contributed by atoms with van der Waals surface area (Å²) >= 11 is 0. The van der Waals surface area contributed by atoms with Crippen LogP contribution >= 0.6 is 0 Å². The Hall–Kier alpha value is -2.03. The maximum absolute atomic E-state index is 6.01.